The predicted molar refractivity (Wildman–Crippen MR) is 240 cm³/mol. The third kappa shape index (κ3) is 29.8. The van der Waals surface area contributed by atoms with Gasteiger partial charge < -0.3 is 37.4 Å². The van der Waals surface area contributed by atoms with E-state index in [-0.39, 0.29) is 26.1 Å². The Kier molecular flexibility index (Phi) is 30.4. The Labute approximate surface area is 362 Å². The van der Waals surface area contributed by atoms with Crippen molar-refractivity contribution in [3.05, 3.63) is 95.6 Å². The molecule has 0 saturated heterocycles. The molecule has 0 radical (unpaired) electrons. The van der Waals surface area contributed by atoms with Crippen molar-refractivity contribution >= 4 is 19.8 Å². The van der Waals surface area contributed by atoms with Crippen LogP contribution in [0, 0.1) is 13.8 Å². The number of aryl methyl sites for hydroxylation is 2. The molecule has 0 bridgehead atoms. The molecule has 2 unspecified atom stereocenters. The van der Waals surface area contributed by atoms with Gasteiger partial charge in [-0.15, -0.1) is 0 Å². The highest BCUT2D eigenvalue weighted by molar-refractivity contribution is 7.45. The van der Waals surface area contributed by atoms with Crippen LogP contribution in [-0.4, -0.2) is 81.2 Å². The number of carbonyl (C=O) groups excluding carboxylic acids is 2. The summed E-state index contributed by atoms with van der Waals surface area (Å²) in [5.74, 6) is 1.14. The molecule has 1 N–H and O–H groups in total. The van der Waals surface area contributed by atoms with Gasteiger partial charge >= 0.3 is 11.9 Å². The fourth-order valence-electron chi connectivity index (χ4n) is 5.81. The van der Waals surface area contributed by atoms with E-state index in [2.05, 4.69) is 64.2 Å². The van der Waals surface area contributed by atoms with Crippen molar-refractivity contribution in [3.63, 3.8) is 0 Å². The number of hydrogen-bond acceptors (Lipinski definition) is 10. The summed E-state index contributed by atoms with van der Waals surface area (Å²) in [6.07, 6.45) is 35.5. The van der Waals surface area contributed by atoms with Gasteiger partial charge in [0.25, 0.3) is 7.82 Å². The van der Waals surface area contributed by atoms with Crippen LogP contribution in [0.15, 0.2) is 77.3 Å². The zero-order valence-corrected chi connectivity index (χ0v) is 38.8. The zero-order valence-electron chi connectivity index (χ0n) is 37.9. The number of allylic oxidation sites excluding steroid dienone is 10. The molecule has 0 amide bonds. The number of carbonyl (C=O) groups is 2. The van der Waals surface area contributed by atoms with Crippen LogP contribution >= 0.6 is 7.82 Å². The summed E-state index contributed by atoms with van der Waals surface area (Å²) >= 11 is 0. The van der Waals surface area contributed by atoms with Crippen molar-refractivity contribution < 1.29 is 51.6 Å². The van der Waals surface area contributed by atoms with Crippen molar-refractivity contribution in [1.29, 1.82) is 0 Å². The molecule has 3 atom stereocenters. The first-order valence-electron chi connectivity index (χ1n) is 22.1. The van der Waals surface area contributed by atoms with E-state index in [1.54, 1.807) is 18.2 Å². The summed E-state index contributed by atoms with van der Waals surface area (Å²) in [4.78, 5) is 37.7. The van der Waals surface area contributed by atoms with Crippen molar-refractivity contribution in [2.75, 3.05) is 47.5 Å². The van der Waals surface area contributed by atoms with Crippen LogP contribution in [0.5, 0.6) is 0 Å². The van der Waals surface area contributed by atoms with Gasteiger partial charge in [-0.2, -0.15) is 0 Å². The topological polar surface area (TPSA) is 145 Å². The summed E-state index contributed by atoms with van der Waals surface area (Å²) in [5.41, 5.74) is 2.54. The molecule has 11 nitrogen and oxygen atoms in total. The van der Waals surface area contributed by atoms with Gasteiger partial charge in [0.05, 0.1) is 33.9 Å². The smallest absolute Gasteiger partial charge is 0.306 e. The number of esters is 2. The van der Waals surface area contributed by atoms with E-state index in [4.69, 9.17) is 22.9 Å². The molecule has 0 saturated carbocycles. The summed E-state index contributed by atoms with van der Waals surface area (Å²) in [7, 11) is 1.03. The Morgan fingerprint density at radius 2 is 1.37 bits per heavy atom. The number of phosphoric ester groups is 1. The van der Waals surface area contributed by atoms with Crippen LogP contribution in [0.4, 0.5) is 0 Å². The van der Waals surface area contributed by atoms with Gasteiger partial charge in [-0.05, 0) is 82.8 Å². The Hall–Kier alpha value is -3.31. The van der Waals surface area contributed by atoms with E-state index < -0.39 is 38.6 Å². The maximum Gasteiger partial charge on any atom is 0.306 e. The van der Waals surface area contributed by atoms with Gasteiger partial charge in [0.15, 0.2) is 6.10 Å². The SMILES string of the molecule is CC/C=C\C/C=C\C/C=C\C/C=C\C=C/C(O)C/C=C\CCC(=O)OC[C@H](COP(=O)([O-])OCC[N+](C)(C)C)OC(=O)CCCCCCCCc1oc(CCC)c(C)c1C. The normalized spacial score (nSPS) is 14.8. The Bertz CT molecular complexity index is 1550. The molecule has 0 aliphatic heterocycles. The standard InChI is InChI=1S/C48H78NO10P/c1-8-10-11-12-13-14-15-16-17-18-19-22-26-32-43(50)33-27-25-30-35-47(51)55-39-44(40-57-60(53,54)56-38-37-49(5,6)7)58-48(52)36-29-24-21-20-23-28-34-46-42(4)41(3)45(59-46)31-9-2/h10-11,13-14,16-17,19,22,25-27,32,43-44,50H,8-9,12,15,18,20-21,23-24,28-31,33-40H2,1-7H3/b11-10-,14-13-,17-16-,22-19-,27-25-,32-26-/t43?,44-/m1/s1. The van der Waals surface area contributed by atoms with Crippen molar-refractivity contribution in [2.45, 2.75) is 149 Å². The number of likely N-dealkylation sites (N-methyl/N-ethyl adjacent to an activating group) is 1. The minimum atomic E-state index is -4.69. The Balaban J connectivity index is 2.46. The van der Waals surface area contributed by atoms with Crippen LogP contribution in [-0.2, 0) is 45.5 Å². The van der Waals surface area contributed by atoms with Crippen molar-refractivity contribution in [2.24, 2.45) is 0 Å². The van der Waals surface area contributed by atoms with E-state index >= 15 is 0 Å². The molecule has 340 valence electrons. The van der Waals surface area contributed by atoms with Crippen molar-refractivity contribution in [3.8, 4) is 0 Å². The zero-order chi connectivity index (χ0) is 44.5. The number of phosphoric acid groups is 1. The number of quaternary nitrogens is 1. The first-order valence-corrected chi connectivity index (χ1v) is 23.6. The van der Waals surface area contributed by atoms with Gasteiger partial charge in [-0.1, -0.05) is 112 Å². The van der Waals surface area contributed by atoms with Gasteiger partial charge in [0.2, 0.25) is 0 Å². The molecule has 1 heterocycles. The molecule has 0 aliphatic rings. The van der Waals surface area contributed by atoms with Gasteiger partial charge in [0.1, 0.15) is 31.3 Å². The molecule has 60 heavy (non-hydrogen) atoms. The lowest BCUT2D eigenvalue weighted by atomic mass is 10.0. The maximum absolute atomic E-state index is 12.7. The van der Waals surface area contributed by atoms with Gasteiger partial charge in [0, 0.05) is 25.7 Å². The van der Waals surface area contributed by atoms with E-state index in [0.717, 1.165) is 88.6 Å². The summed E-state index contributed by atoms with van der Waals surface area (Å²) in [6, 6.07) is 0. The first-order chi connectivity index (χ1) is 28.7. The number of unbranched alkanes of at least 4 members (excludes halogenated alkanes) is 5. The second kappa shape index (κ2) is 33.3. The molecule has 0 aromatic carbocycles. The lowest BCUT2D eigenvalue weighted by Crippen LogP contribution is -2.37. The summed E-state index contributed by atoms with van der Waals surface area (Å²) < 4.78 is 39.9. The highest BCUT2D eigenvalue weighted by atomic mass is 31.2. The van der Waals surface area contributed by atoms with E-state index in [1.807, 2.05) is 39.4 Å². The van der Waals surface area contributed by atoms with Crippen LogP contribution < -0.4 is 4.89 Å². The van der Waals surface area contributed by atoms with Crippen molar-refractivity contribution in [1.82, 2.24) is 0 Å². The van der Waals surface area contributed by atoms with Crippen LogP contribution in [0.2, 0.25) is 0 Å². The highest BCUT2D eigenvalue weighted by Gasteiger charge is 2.22. The molecular weight excluding hydrogens is 781 g/mol. The molecule has 1 rings (SSSR count). The number of nitrogens with zero attached hydrogens (tertiary/aromatic N) is 1. The minimum Gasteiger partial charge on any atom is -0.756 e. The average molecular weight is 860 g/mol. The van der Waals surface area contributed by atoms with Gasteiger partial charge in [-0.3, -0.25) is 14.2 Å². The largest absolute Gasteiger partial charge is 0.756 e. The molecule has 1 aromatic rings. The molecule has 0 fully saturated rings. The van der Waals surface area contributed by atoms with Crippen LogP contribution in [0.3, 0.4) is 0 Å². The van der Waals surface area contributed by atoms with Gasteiger partial charge in [-0.25, -0.2) is 0 Å². The Morgan fingerprint density at radius 3 is 2.02 bits per heavy atom. The first kappa shape index (κ1) is 54.7. The quantitative estimate of drug-likeness (QED) is 0.0175. The second-order valence-electron chi connectivity index (χ2n) is 16.1. The monoisotopic (exact) mass is 860 g/mol. The number of hydrogen-bond donors (Lipinski definition) is 1. The van der Waals surface area contributed by atoms with E-state index in [0.29, 0.717) is 30.3 Å². The number of aliphatic hydroxyl groups excluding tert-OH is 1. The molecule has 0 spiro atoms. The third-order valence-electron chi connectivity index (χ3n) is 9.51. The lowest BCUT2D eigenvalue weighted by Gasteiger charge is -2.28. The highest BCUT2D eigenvalue weighted by Crippen LogP contribution is 2.38. The summed E-state index contributed by atoms with van der Waals surface area (Å²) in [6.45, 7) is 8.02. The Morgan fingerprint density at radius 1 is 0.750 bits per heavy atom. The molecule has 12 heteroatoms. The van der Waals surface area contributed by atoms with E-state index in [1.165, 1.54) is 11.1 Å². The molecule has 1 aromatic heterocycles. The number of rotatable bonds is 35. The number of furan rings is 1. The molecule has 0 aliphatic carbocycles. The predicted octanol–water partition coefficient (Wildman–Crippen LogP) is 10.2. The van der Waals surface area contributed by atoms with E-state index in [9.17, 15) is 24.2 Å². The fraction of sp³-hybridized carbons (Fsp3) is 0.625. The maximum atomic E-state index is 12.7. The number of ether oxygens (including phenoxy) is 2. The van der Waals surface area contributed by atoms with Crippen LogP contribution in [0.25, 0.3) is 0 Å². The fourth-order valence-corrected chi connectivity index (χ4v) is 6.54. The number of aliphatic hydroxyl groups is 1. The summed E-state index contributed by atoms with van der Waals surface area (Å²) in [5, 5.41) is 10.2. The minimum absolute atomic E-state index is 0.0563. The second-order valence-corrected chi connectivity index (χ2v) is 17.5. The van der Waals surface area contributed by atoms with Crippen LogP contribution in [0.1, 0.15) is 133 Å². The third-order valence-corrected chi connectivity index (χ3v) is 10.5. The molecular formula is C48H78NO10P. The lowest BCUT2D eigenvalue weighted by molar-refractivity contribution is -0.870. The average Bonchev–Trinajstić information content (AvgIpc) is 3.45.